The average molecular weight is 383 g/mol. The fourth-order valence-electron chi connectivity index (χ4n) is 2.50. The van der Waals surface area contributed by atoms with Crippen LogP contribution in [0, 0.1) is 6.92 Å². The molecule has 0 atom stereocenters. The van der Waals surface area contributed by atoms with Crippen LogP contribution in [0.3, 0.4) is 0 Å². The number of ether oxygens (including phenoxy) is 1. The number of aromatic nitrogens is 2. The number of amides is 1. The smallest absolute Gasteiger partial charge is 0.258 e. The van der Waals surface area contributed by atoms with Gasteiger partial charge < -0.3 is 15.0 Å². The molecule has 0 aliphatic rings. The Balaban J connectivity index is 1.78. The van der Waals surface area contributed by atoms with E-state index in [1.165, 1.54) is 19.5 Å². The highest BCUT2D eigenvalue weighted by Gasteiger charge is 2.14. The van der Waals surface area contributed by atoms with Crippen molar-refractivity contribution < 1.29 is 9.53 Å². The normalized spacial score (nSPS) is 10.4. The van der Waals surface area contributed by atoms with E-state index in [1.807, 2.05) is 49.2 Å². The summed E-state index contributed by atoms with van der Waals surface area (Å²) in [5.74, 6) is 0.655. The van der Waals surface area contributed by atoms with Crippen LogP contribution in [-0.2, 0) is 0 Å². The molecule has 0 aliphatic carbocycles. The molecule has 0 radical (unpaired) electrons. The number of halogens is 1. The molecule has 1 heterocycles. The molecule has 0 spiro atoms. The quantitative estimate of drug-likeness (QED) is 0.705. The monoisotopic (exact) mass is 382 g/mol. The third-order valence-electron chi connectivity index (χ3n) is 4.07. The molecule has 0 fully saturated rings. The summed E-state index contributed by atoms with van der Waals surface area (Å²) in [6.07, 6.45) is 2.98. The van der Waals surface area contributed by atoms with Gasteiger partial charge in [-0.15, -0.1) is 0 Å². The largest absolute Gasteiger partial charge is 0.495 e. The van der Waals surface area contributed by atoms with Crippen molar-refractivity contribution in [3.63, 3.8) is 0 Å². The van der Waals surface area contributed by atoms with Crippen LogP contribution in [0.1, 0.15) is 15.9 Å². The van der Waals surface area contributed by atoms with E-state index in [1.54, 1.807) is 12.1 Å². The molecule has 3 rings (SSSR count). The van der Waals surface area contributed by atoms with Gasteiger partial charge in [0.15, 0.2) is 0 Å². The SMILES string of the molecule is COc1cc(Cl)c(C)cc1NC(=O)c1cnc(N(C)c2ccccc2)nc1. The second kappa shape index (κ2) is 8.05. The lowest BCUT2D eigenvalue weighted by Gasteiger charge is -2.17. The fraction of sp³-hybridized carbons (Fsp3) is 0.150. The third-order valence-corrected chi connectivity index (χ3v) is 4.48. The van der Waals surface area contributed by atoms with Crippen LogP contribution in [0.5, 0.6) is 5.75 Å². The summed E-state index contributed by atoms with van der Waals surface area (Å²) in [6.45, 7) is 1.86. The Bertz CT molecular complexity index is 946. The van der Waals surface area contributed by atoms with Crippen LogP contribution in [0.2, 0.25) is 5.02 Å². The predicted molar refractivity (Wildman–Crippen MR) is 107 cm³/mol. The molecule has 1 N–H and O–H groups in total. The van der Waals surface area contributed by atoms with Crippen LogP contribution in [0.15, 0.2) is 54.9 Å². The Labute approximate surface area is 162 Å². The Morgan fingerprint density at radius 1 is 1.15 bits per heavy atom. The first-order valence-corrected chi connectivity index (χ1v) is 8.63. The zero-order valence-corrected chi connectivity index (χ0v) is 16.0. The number of nitrogens with one attached hydrogen (secondary N) is 1. The number of methoxy groups -OCH3 is 1. The fourth-order valence-corrected chi connectivity index (χ4v) is 2.66. The summed E-state index contributed by atoms with van der Waals surface area (Å²) in [6, 6.07) is 13.2. The maximum atomic E-state index is 12.5. The molecule has 0 aliphatic heterocycles. The molecule has 3 aromatic rings. The summed E-state index contributed by atoms with van der Waals surface area (Å²) in [7, 11) is 3.39. The number of hydrogen-bond donors (Lipinski definition) is 1. The van der Waals surface area contributed by atoms with Crippen molar-refractivity contribution in [1.29, 1.82) is 0 Å². The van der Waals surface area contributed by atoms with E-state index in [0.29, 0.717) is 28.0 Å². The number of anilines is 3. The van der Waals surface area contributed by atoms with E-state index in [2.05, 4.69) is 15.3 Å². The minimum absolute atomic E-state index is 0.330. The van der Waals surface area contributed by atoms with Crippen molar-refractivity contribution >= 4 is 34.8 Å². The van der Waals surface area contributed by atoms with Crippen LogP contribution in [0.4, 0.5) is 17.3 Å². The molecule has 0 unspecified atom stereocenters. The Hall–Kier alpha value is -3.12. The standard InChI is InChI=1S/C20H19ClN4O2/c1-13-9-17(18(27-3)10-16(13)21)24-19(26)14-11-22-20(23-12-14)25(2)15-7-5-4-6-8-15/h4-12H,1-3H3,(H,24,26). The molecule has 1 amide bonds. The third kappa shape index (κ3) is 4.17. The molecule has 1 aromatic heterocycles. The molecule has 138 valence electrons. The van der Waals surface area contributed by atoms with Crippen molar-refractivity contribution in [2.75, 3.05) is 24.4 Å². The summed E-state index contributed by atoms with van der Waals surface area (Å²) >= 11 is 6.10. The summed E-state index contributed by atoms with van der Waals surface area (Å²) in [5.41, 5.74) is 2.67. The first-order valence-electron chi connectivity index (χ1n) is 8.26. The minimum atomic E-state index is -0.330. The van der Waals surface area contributed by atoms with E-state index < -0.39 is 0 Å². The first-order chi connectivity index (χ1) is 13.0. The number of carbonyl (C=O) groups excluding carboxylic acids is 1. The van der Waals surface area contributed by atoms with Crippen molar-refractivity contribution in [1.82, 2.24) is 9.97 Å². The number of carbonyl (C=O) groups is 1. The zero-order chi connectivity index (χ0) is 19.4. The molecule has 2 aromatic carbocycles. The van der Waals surface area contributed by atoms with Gasteiger partial charge in [0, 0.05) is 36.2 Å². The van der Waals surface area contributed by atoms with Crippen LogP contribution in [-0.4, -0.2) is 30.0 Å². The van der Waals surface area contributed by atoms with E-state index in [4.69, 9.17) is 16.3 Å². The second-order valence-electron chi connectivity index (χ2n) is 5.92. The maximum absolute atomic E-state index is 12.5. The number of nitrogens with zero attached hydrogens (tertiary/aromatic N) is 3. The number of benzene rings is 2. The molecular weight excluding hydrogens is 364 g/mol. The van der Waals surface area contributed by atoms with Gasteiger partial charge in [-0.05, 0) is 30.7 Å². The maximum Gasteiger partial charge on any atom is 0.258 e. The van der Waals surface area contributed by atoms with Gasteiger partial charge in [-0.3, -0.25) is 4.79 Å². The number of aryl methyl sites for hydroxylation is 1. The van der Waals surface area contributed by atoms with E-state index in [9.17, 15) is 4.79 Å². The molecule has 7 heteroatoms. The molecule has 6 nitrogen and oxygen atoms in total. The van der Waals surface area contributed by atoms with Gasteiger partial charge in [0.1, 0.15) is 5.75 Å². The number of hydrogen-bond acceptors (Lipinski definition) is 5. The van der Waals surface area contributed by atoms with Crippen molar-refractivity contribution in [3.8, 4) is 5.75 Å². The van der Waals surface area contributed by atoms with Crippen LogP contribution in [0.25, 0.3) is 0 Å². The molecule has 0 bridgehead atoms. The highest BCUT2D eigenvalue weighted by atomic mass is 35.5. The lowest BCUT2D eigenvalue weighted by molar-refractivity contribution is 0.102. The van der Waals surface area contributed by atoms with E-state index in [-0.39, 0.29) is 5.91 Å². The van der Waals surface area contributed by atoms with Gasteiger partial charge >= 0.3 is 0 Å². The van der Waals surface area contributed by atoms with Gasteiger partial charge in [-0.1, -0.05) is 29.8 Å². The van der Waals surface area contributed by atoms with Gasteiger partial charge in [0.25, 0.3) is 5.91 Å². The summed E-state index contributed by atoms with van der Waals surface area (Å²) in [5, 5.41) is 3.38. The number of para-hydroxylation sites is 1. The summed E-state index contributed by atoms with van der Waals surface area (Å²) in [4.78, 5) is 23.0. The highest BCUT2D eigenvalue weighted by molar-refractivity contribution is 6.31. The molecule has 0 saturated heterocycles. The van der Waals surface area contributed by atoms with Gasteiger partial charge in [0.2, 0.25) is 5.95 Å². The highest BCUT2D eigenvalue weighted by Crippen LogP contribution is 2.31. The lowest BCUT2D eigenvalue weighted by atomic mass is 10.2. The van der Waals surface area contributed by atoms with Crippen molar-refractivity contribution in [2.45, 2.75) is 6.92 Å². The lowest BCUT2D eigenvalue weighted by Crippen LogP contribution is -2.16. The van der Waals surface area contributed by atoms with Gasteiger partial charge in [-0.25, -0.2) is 9.97 Å². The predicted octanol–water partition coefficient (Wildman–Crippen LogP) is 4.47. The first kappa shape index (κ1) is 18.7. The Kier molecular flexibility index (Phi) is 5.57. The van der Waals surface area contributed by atoms with Crippen molar-refractivity contribution in [3.05, 3.63) is 71.0 Å². The van der Waals surface area contributed by atoms with E-state index >= 15 is 0 Å². The number of rotatable bonds is 5. The molecular formula is C20H19ClN4O2. The average Bonchev–Trinajstić information content (AvgIpc) is 2.70. The Morgan fingerprint density at radius 2 is 1.81 bits per heavy atom. The second-order valence-corrected chi connectivity index (χ2v) is 6.33. The molecule has 27 heavy (non-hydrogen) atoms. The molecule has 0 saturated carbocycles. The van der Waals surface area contributed by atoms with Gasteiger partial charge in [0.05, 0.1) is 18.4 Å². The van der Waals surface area contributed by atoms with Crippen LogP contribution < -0.4 is 15.0 Å². The van der Waals surface area contributed by atoms with Crippen LogP contribution >= 0.6 is 11.6 Å². The summed E-state index contributed by atoms with van der Waals surface area (Å²) < 4.78 is 5.28. The topological polar surface area (TPSA) is 67.3 Å². The van der Waals surface area contributed by atoms with Gasteiger partial charge in [-0.2, -0.15) is 0 Å². The Morgan fingerprint density at radius 3 is 2.44 bits per heavy atom. The zero-order valence-electron chi connectivity index (χ0n) is 15.2. The van der Waals surface area contributed by atoms with Crippen molar-refractivity contribution in [2.24, 2.45) is 0 Å². The van der Waals surface area contributed by atoms with E-state index in [0.717, 1.165) is 11.3 Å². The minimum Gasteiger partial charge on any atom is -0.495 e.